The van der Waals surface area contributed by atoms with E-state index in [4.69, 9.17) is 10.2 Å². The number of phenols is 2. The van der Waals surface area contributed by atoms with Gasteiger partial charge in [0.2, 0.25) is 0 Å². The van der Waals surface area contributed by atoms with Crippen LogP contribution in [0.3, 0.4) is 0 Å². The van der Waals surface area contributed by atoms with Gasteiger partial charge in [0, 0.05) is 11.9 Å². The Morgan fingerprint density at radius 2 is 1.20 bits per heavy atom. The fourth-order valence-electron chi connectivity index (χ4n) is 1.21. The molecule has 0 unspecified atom stereocenters. The minimum atomic E-state index is -0.0602. The summed E-state index contributed by atoms with van der Waals surface area (Å²) in [5, 5.41) is 17.8. The molecule has 0 fully saturated rings. The van der Waals surface area contributed by atoms with Crippen molar-refractivity contribution in [2.45, 2.75) is 74.1 Å². The molecule has 0 spiro atoms. The van der Waals surface area contributed by atoms with Gasteiger partial charge in [0.25, 0.3) is 0 Å². The minimum Gasteiger partial charge on any atom is -0.504 e. The molecular formula is C22H37NO2. The highest BCUT2D eigenvalue weighted by atomic mass is 16.3. The van der Waals surface area contributed by atoms with Crippen molar-refractivity contribution in [2.24, 2.45) is 0 Å². The Hall–Kier alpha value is -2.03. The van der Waals surface area contributed by atoms with E-state index in [-0.39, 0.29) is 11.5 Å². The number of para-hydroxylation sites is 1. The third kappa shape index (κ3) is 14.1. The Labute approximate surface area is 154 Å². The SMILES string of the molecule is CCCC.CCCC.Cc1cccc(O)c1O.Cc1cccnc1C. The lowest BCUT2D eigenvalue weighted by Crippen LogP contribution is -1.81. The first-order valence-electron chi connectivity index (χ1n) is 9.21. The first-order chi connectivity index (χ1) is 11.8. The maximum Gasteiger partial charge on any atom is 0.160 e. The maximum atomic E-state index is 8.96. The Kier molecular flexibility index (Phi) is 17.0. The van der Waals surface area contributed by atoms with Gasteiger partial charge in [-0.1, -0.05) is 71.6 Å². The van der Waals surface area contributed by atoms with E-state index < -0.39 is 0 Å². The molecule has 0 saturated heterocycles. The van der Waals surface area contributed by atoms with Crippen molar-refractivity contribution in [3.63, 3.8) is 0 Å². The minimum absolute atomic E-state index is 0.0301. The average molecular weight is 348 g/mol. The monoisotopic (exact) mass is 347 g/mol. The molecule has 0 radical (unpaired) electrons. The first-order valence-corrected chi connectivity index (χ1v) is 9.21. The number of phenolic OH excluding ortho intramolecular Hbond substituents is 2. The number of benzene rings is 1. The number of pyridine rings is 1. The standard InChI is InChI=1S/C7H9N.C7H8O2.2C4H10/c1-6-4-3-5-8-7(6)2;1-5-3-2-4-6(8)7(5)9;2*1-3-4-2/h3-5H,1-2H3;2-4,8-9H,1H3;2*3-4H2,1-2H3. The molecule has 2 rings (SSSR count). The Morgan fingerprint density at radius 3 is 1.48 bits per heavy atom. The van der Waals surface area contributed by atoms with Crippen LogP contribution in [0.1, 0.15) is 70.2 Å². The second kappa shape index (κ2) is 16.8. The smallest absolute Gasteiger partial charge is 0.160 e. The van der Waals surface area contributed by atoms with Gasteiger partial charge in [-0.15, -0.1) is 0 Å². The zero-order valence-corrected chi connectivity index (χ0v) is 17.1. The summed E-state index contributed by atoms with van der Waals surface area (Å²) in [5.41, 5.74) is 3.06. The van der Waals surface area contributed by atoms with Gasteiger partial charge in [0.05, 0.1) is 0 Å². The molecule has 0 saturated carbocycles. The van der Waals surface area contributed by atoms with Gasteiger partial charge < -0.3 is 10.2 Å². The molecule has 0 amide bonds. The lowest BCUT2D eigenvalue weighted by atomic mass is 10.2. The van der Waals surface area contributed by atoms with E-state index in [1.807, 2.05) is 19.2 Å². The third-order valence-corrected chi connectivity index (χ3v) is 3.49. The van der Waals surface area contributed by atoms with Gasteiger partial charge in [-0.25, -0.2) is 0 Å². The number of unbranched alkanes of at least 4 members (excludes halogenated alkanes) is 2. The lowest BCUT2D eigenvalue weighted by molar-refractivity contribution is 0.401. The van der Waals surface area contributed by atoms with Crippen molar-refractivity contribution >= 4 is 0 Å². The van der Waals surface area contributed by atoms with E-state index in [1.165, 1.54) is 37.3 Å². The van der Waals surface area contributed by atoms with Crippen LogP contribution >= 0.6 is 0 Å². The molecule has 0 aliphatic carbocycles. The maximum absolute atomic E-state index is 8.96. The van der Waals surface area contributed by atoms with Crippen molar-refractivity contribution in [3.05, 3.63) is 53.3 Å². The van der Waals surface area contributed by atoms with Gasteiger partial charge in [-0.3, -0.25) is 4.98 Å². The highest BCUT2D eigenvalue weighted by molar-refractivity contribution is 5.43. The van der Waals surface area contributed by atoms with Crippen LogP contribution in [0, 0.1) is 20.8 Å². The number of aromatic nitrogens is 1. The molecule has 25 heavy (non-hydrogen) atoms. The van der Waals surface area contributed by atoms with E-state index in [1.54, 1.807) is 19.1 Å². The van der Waals surface area contributed by atoms with Gasteiger partial charge in [0.1, 0.15) is 0 Å². The van der Waals surface area contributed by atoms with Crippen LogP contribution in [-0.4, -0.2) is 15.2 Å². The second-order valence-electron chi connectivity index (χ2n) is 5.85. The van der Waals surface area contributed by atoms with Crippen molar-refractivity contribution in [1.29, 1.82) is 0 Å². The number of hydrogen-bond acceptors (Lipinski definition) is 3. The summed E-state index contributed by atoms with van der Waals surface area (Å²) in [6, 6.07) is 8.87. The van der Waals surface area contributed by atoms with Crippen LogP contribution in [0.2, 0.25) is 0 Å². The Bertz CT molecular complexity index is 504. The van der Waals surface area contributed by atoms with Gasteiger partial charge in [0.15, 0.2) is 11.5 Å². The number of rotatable bonds is 2. The lowest BCUT2D eigenvalue weighted by Gasteiger charge is -1.97. The van der Waals surface area contributed by atoms with Gasteiger partial charge >= 0.3 is 0 Å². The largest absolute Gasteiger partial charge is 0.504 e. The normalized spacial score (nSPS) is 8.76. The number of hydrogen-bond donors (Lipinski definition) is 2. The molecule has 1 heterocycles. The van der Waals surface area contributed by atoms with Crippen LogP contribution in [0.4, 0.5) is 0 Å². The molecule has 3 heteroatoms. The summed E-state index contributed by atoms with van der Waals surface area (Å²) >= 11 is 0. The summed E-state index contributed by atoms with van der Waals surface area (Å²) in [6.07, 6.45) is 7.09. The summed E-state index contributed by atoms with van der Waals surface area (Å²) in [5.74, 6) is -0.0903. The van der Waals surface area contributed by atoms with Crippen LogP contribution in [-0.2, 0) is 0 Å². The molecule has 2 aromatic rings. The van der Waals surface area contributed by atoms with E-state index in [2.05, 4.69) is 45.7 Å². The summed E-state index contributed by atoms with van der Waals surface area (Å²) in [7, 11) is 0. The molecule has 0 aliphatic rings. The molecule has 0 bridgehead atoms. The van der Waals surface area contributed by atoms with Crippen LogP contribution in [0.15, 0.2) is 36.5 Å². The third-order valence-electron chi connectivity index (χ3n) is 3.49. The fourth-order valence-corrected chi connectivity index (χ4v) is 1.21. The molecule has 2 N–H and O–H groups in total. The quantitative estimate of drug-likeness (QED) is 0.593. The zero-order chi connectivity index (χ0) is 19.7. The van der Waals surface area contributed by atoms with E-state index in [9.17, 15) is 0 Å². The number of aromatic hydroxyl groups is 2. The fraction of sp³-hybridized carbons (Fsp3) is 0.500. The second-order valence-corrected chi connectivity index (χ2v) is 5.85. The summed E-state index contributed by atoms with van der Waals surface area (Å²) < 4.78 is 0. The zero-order valence-electron chi connectivity index (χ0n) is 17.1. The van der Waals surface area contributed by atoms with Gasteiger partial charge in [-0.2, -0.15) is 0 Å². The number of nitrogens with zero attached hydrogens (tertiary/aromatic N) is 1. The van der Waals surface area contributed by atoms with Crippen LogP contribution in [0.5, 0.6) is 11.5 Å². The van der Waals surface area contributed by atoms with Crippen LogP contribution in [0.25, 0.3) is 0 Å². The first kappa shape index (κ1) is 25.2. The highest BCUT2D eigenvalue weighted by Crippen LogP contribution is 2.26. The van der Waals surface area contributed by atoms with Crippen molar-refractivity contribution < 1.29 is 10.2 Å². The molecule has 0 atom stereocenters. The average Bonchev–Trinajstić information content (AvgIpc) is 2.63. The molecule has 3 nitrogen and oxygen atoms in total. The van der Waals surface area contributed by atoms with Crippen molar-refractivity contribution in [2.75, 3.05) is 0 Å². The number of aryl methyl sites for hydroxylation is 3. The van der Waals surface area contributed by atoms with Crippen LogP contribution < -0.4 is 0 Å². The Morgan fingerprint density at radius 1 is 0.720 bits per heavy atom. The van der Waals surface area contributed by atoms with Gasteiger partial charge in [-0.05, 0) is 44.0 Å². The highest BCUT2D eigenvalue weighted by Gasteiger charge is 1.98. The van der Waals surface area contributed by atoms with E-state index in [0.717, 1.165) is 5.69 Å². The molecular weight excluding hydrogens is 310 g/mol. The summed E-state index contributed by atoms with van der Waals surface area (Å²) in [6.45, 7) is 14.5. The molecule has 142 valence electrons. The summed E-state index contributed by atoms with van der Waals surface area (Å²) in [4.78, 5) is 4.08. The molecule has 1 aromatic carbocycles. The van der Waals surface area contributed by atoms with E-state index in [0.29, 0.717) is 5.56 Å². The topological polar surface area (TPSA) is 53.4 Å². The molecule has 0 aliphatic heterocycles. The molecule has 1 aromatic heterocycles. The van der Waals surface area contributed by atoms with Crippen molar-refractivity contribution in [1.82, 2.24) is 4.98 Å². The predicted octanol–water partition coefficient (Wildman–Crippen LogP) is 6.72. The predicted molar refractivity (Wildman–Crippen MR) is 109 cm³/mol. The van der Waals surface area contributed by atoms with Crippen molar-refractivity contribution in [3.8, 4) is 11.5 Å². The Balaban J connectivity index is 0. The van der Waals surface area contributed by atoms with E-state index >= 15 is 0 Å².